The van der Waals surface area contributed by atoms with Crippen LogP contribution in [0, 0.1) is 6.92 Å². The minimum atomic E-state index is -0.223. The number of nitrogens with one attached hydrogen (secondary N) is 1. The van der Waals surface area contributed by atoms with Gasteiger partial charge in [0.2, 0.25) is 0 Å². The molecule has 0 spiro atoms. The van der Waals surface area contributed by atoms with Crippen molar-refractivity contribution in [2.75, 3.05) is 19.6 Å². The summed E-state index contributed by atoms with van der Waals surface area (Å²) in [5, 5.41) is 5.74. The second kappa shape index (κ2) is 6.99. The van der Waals surface area contributed by atoms with E-state index in [2.05, 4.69) is 28.4 Å². The second-order valence-corrected chi connectivity index (χ2v) is 7.23. The first-order valence-electron chi connectivity index (χ1n) is 7.85. The fourth-order valence-electron chi connectivity index (χ4n) is 2.74. The molecule has 3 rings (SSSR count). The van der Waals surface area contributed by atoms with Gasteiger partial charge in [0.15, 0.2) is 0 Å². The van der Waals surface area contributed by atoms with Gasteiger partial charge in [-0.3, -0.25) is 4.79 Å². The van der Waals surface area contributed by atoms with Crippen molar-refractivity contribution < 1.29 is 4.79 Å². The predicted molar refractivity (Wildman–Crippen MR) is 97.8 cm³/mol. The van der Waals surface area contributed by atoms with Crippen LogP contribution in [0.4, 0.5) is 0 Å². The Bertz CT molecular complexity index is 759. The lowest BCUT2D eigenvalue weighted by Gasteiger charge is -2.25. The minimum absolute atomic E-state index is 0.223. The zero-order chi connectivity index (χ0) is 16.4. The van der Waals surface area contributed by atoms with Crippen LogP contribution in [0.25, 0.3) is 10.1 Å². The van der Waals surface area contributed by atoms with E-state index in [0.29, 0.717) is 9.90 Å². The number of carbonyl (C=O) groups is 1. The maximum Gasteiger partial charge on any atom is 0.283 e. The molecule has 1 amide bonds. The highest BCUT2D eigenvalue weighted by molar-refractivity contribution is 7.21. The Morgan fingerprint density at radius 2 is 2.13 bits per heavy atom. The number of fused-ring (bicyclic) bond motifs is 1. The third-order valence-corrected chi connectivity index (χ3v) is 5.84. The van der Waals surface area contributed by atoms with Crippen LogP contribution in [-0.2, 0) is 0 Å². The number of hydrogen-bond acceptors (Lipinski definition) is 4. The molecule has 1 aromatic carbocycles. The fourth-order valence-corrected chi connectivity index (χ4v) is 4.24. The first-order chi connectivity index (χ1) is 11.1. The molecule has 122 valence electrons. The first-order valence-corrected chi connectivity index (χ1v) is 9.04. The Kier molecular flexibility index (Phi) is 4.99. The van der Waals surface area contributed by atoms with Crippen LogP contribution in [0.15, 0.2) is 23.3 Å². The zero-order valence-electron chi connectivity index (χ0n) is 13.4. The van der Waals surface area contributed by atoms with Crippen molar-refractivity contribution in [3.05, 3.63) is 33.7 Å². The summed E-state index contributed by atoms with van der Waals surface area (Å²) in [5.41, 5.74) is 4.88. The van der Waals surface area contributed by atoms with Crippen molar-refractivity contribution in [2.45, 2.75) is 26.7 Å². The third kappa shape index (κ3) is 3.57. The van der Waals surface area contributed by atoms with Gasteiger partial charge in [0.1, 0.15) is 4.88 Å². The van der Waals surface area contributed by atoms with Crippen LogP contribution < -0.4 is 5.43 Å². The average molecular weight is 350 g/mol. The van der Waals surface area contributed by atoms with Crippen molar-refractivity contribution in [3.63, 3.8) is 0 Å². The van der Waals surface area contributed by atoms with Crippen LogP contribution in [0.1, 0.15) is 35.0 Å². The predicted octanol–water partition coefficient (Wildman–Crippen LogP) is 4.06. The molecule has 4 nitrogen and oxygen atoms in total. The van der Waals surface area contributed by atoms with Crippen molar-refractivity contribution in [1.29, 1.82) is 0 Å². The zero-order valence-corrected chi connectivity index (χ0v) is 14.9. The Labute approximate surface area is 145 Å². The molecule has 1 fully saturated rings. The van der Waals surface area contributed by atoms with E-state index in [1.807, 2.05) is 19.1 Å². The molecule has 2 heterocycles. The van der Waals surface area contributed by atoms with E-state index in [0.717, 1.165) is 53.8 Å². The number of likely N-dealkylation sites (tertiary alicyclic amines) is 1. The number of halogens is 1. The van der Waals surface area contributed by atoms with Gasteiger partial charge >= 0.3 is 0 Å². The average Bonchev–Trinajstić information content (AvgIpc) is 2.89. The molecular weight excluding hydrogens is 330 g/mol. The molecule has 0 aliphatic carbocycles. The minimum Gasteiger partial charge on any atom is -0.303 e. The molecular formula is C17H20ClN3OS. The maximum atomic E-state index is 12.4. The number of hydrazone groups is 1. The van der Waals surface area contributed by atoms with E-state index in [1.165, 1.54) is 11.3 Å². The summed E-state index contributed by atoms with van der Waals surface area (Å²) in [6.07, 6.45) is 1.82. The Morgan fingerprint density at radius 1 is 1.39 bits per heavy atom. The molecule has 0 unspecified atom stereocenters. The molecule has 2 aromatic rings. The lowest BCUT2D eigenvalue weighted by atomic mass is 10.1. The van der Waals surface area contributed by atoms with Gasteiger partial charge in [-0.25, -0.2) is 5.43 Å². The Morgan fingerprint density at radius 3 is 2.83 bits per heavy atom. The van der Waals surface area contributed by atoms with Crippen molar-refractivity contribution >= 4 is 44.6 Å². The molecule has 1 saturated heterocycles. The maximum absolute atomic E-state index is 12.4. The summed E-state index contributed by atoms with van der Waals surface area (Å²) in [6, 6.07) is 6.02. The topological polar surface area (TPSA) is 44.7 Å². The highest BCUT2D eigenvalue weighted by atomic mass is 35.5. The third-order valence-electron chi connectivity index (χ3n) is 4.19. The summed E-state index contributed by atoms with van der Waals surface area (Å²) in [4.78, 5) is 15.3. The lowest BCUT2D eigenvalue weighted by molar-refractivity contribution is 0.0958. The van der Waals surface area contributed by atoms with Gasteiger partial charge in [0.05, 0.1) is 5.02 Å². The molecule has 1 aliphatic heterocycles. The molecule has 0 bridgehead atoms. The van der Waals surface area contributed by atoms with Gasteiger partial charge in [-0.15, -0.1) is 11.3 Å². The van der Waals surface area contributed by atoms with Gasteiger partial charge < -0.3 is 4.90 Å². The quantitative estimate of drug-likeness (QED) is 0.849. The van der Waals surface area contributed by atoms with E-state index in [4.69, 9.17) is 11.6 Å². The monoisotopic (exact) mass is 349 g/mol. The van der Waals surface area contributed by atoms with Crippen LogP contribution in [-0.4, -0.2) is 36.2 Å². The molecule has 23 heavy (non-hydrogen) atoms. The number of nitrogens with zero attached hydrogens (tertiary/aromatic N) is 2. The number of aryl methyl sites for hydroxylation is 1. The summed E-state index contributed by atoms with van der Waals surface area (Å²) in [5.74, 6) is -0.223. The number of piperidine rings is 1. The van der Waals surface area contributed by atoms with Gasteiger partial charge in [-0.2, -0.15) is 5.10 Å². The number of hydrogen-bond donors (Lipinski definition) is 1. The second-order valence-electron chi connectivity index (χ2n) is 5.80. The van der Waals surface area contributed by atoms with Crippen molar-refractivity contribution in [3.8, 4) is 0 Å². The normalized spacial score (nSPS) is 15.9. The van der Waals surface area contributed by atoms with Gasteiger partial charge in [0.25, 0.3) is 5.91 Å². The number of thiophene rings is 1. The van der Waals surface area contributed by atoms with E-state index >= 15 is 0 Å². The highest BCUT2D eigenvalue weighted by Crippen LogP contribution is 2.35. The smallest absolute Gasteiger partial charge is 0.283 e. The highest BCUT2D eigenvalue weighted by Gasteiger charge is 2.18. The number of carbonyl (C=O) groups excluding carboxylic acids is 1. The largest absolute Gasteiger partial charge is 0.303 e. The van der Waals surface area contributed by atoms with Crippen molar-refractivity contribution in [1.82, 2.24) is 10.3 Å². The van der Waals surface area contributed by atoms with E-state index < -0.39 is 0 Å². The van der Waals surface area contributed by atoms with Gasteiger partial charge in [-0.1, -0.05) is 30.7 Å². The van der Waals surface area contributed by atoms with Crippen LogP contribution in [0.2, 0.25) is 5.02 Å². The molecule has 0 saturated carbocycles. The lowest BCUT2D eigenvalue weighted by Crippen LogP contribution is -2.34. The van der Waals surface area contributed by atoms with Crippen LogP contribution in [0.5, 0.6) is 0 Å². The standard InChI is InChI=1S/C17H20ClN3OS/c1-3-21-8-6-12(7-9-21)19-20-17(22)16-15(18)13-5-4-11(2)10-14(13)23-16/h4-5,10H,3,6-9H2,1-2H3,(H,20,22). The van der Waals surface area contributed by atoms with Gasteiger partial charge in [-0.05, 0) is 25.1 Å². The summed E-state index contributed by atoms with van der Waals surface area (Å²) in [7, 11) is 0. The van der Waals surface area contributed by atoms with Crippen molar-refractivity contribution in [2.24, 2.45) is 5.10 Å². The molecule has 0 atom stereocenters. The summed E-state index contributed by atoms with van der Waals surface area (Å²) in [6.45, 7) is 7.27. The summed E-state index contributed by atoms with van der Waals surface area (Å²) < 4.78 is 1.03. The molecule has 6 heteroatoms. The molecule has 0 radical (unpaired) electrons. The number of benzene rings is 1. The Balaban J connectivity index is 1.73. The SMILES string of the molecule is CCN1CCC(=NNC(=O)c2sc3cc(C)ccc3c2Cl)CC1. The van der Waals surface area contributed by atoms with E-state index in [-0.39, 0.29) is 5.91 Å². The van der Waals surface area contributed by atoms with Crippen LogP contribution >= 0.6 is 22.9 Å². The number of rotatable bonds is 3. The van der Waals surface area contributed by atoms with Gasteiger partial charge in [0, 0.05) is 41.7 Å². The molecule has 1 aliphatic rings. The Hall–Kier alpha value is -1.43. The fraction of sp³-hybridized carbons (Fsp3) is 0.412. The van der Waals surface area contributed by atoms with Crippen LogP contribution in [0.3, 0.4) is 0 Å². The first kappa shape index (κ1) is 16.4. The van der Waals surface area contributed by atoms with E-state index in [9.17, 15) is 4.79 Å². The molecule has 1 N–H and O–H groups in total. The molecule has 1 aromatic heterocycles. The van der Waals surface area contributed by atoms with E-state index in [1.54, 1.807) is 0 Å². The number of amides is 1. The summed E-state index contributed by atoms with van der Waals surface area (Å²) >= 11 is 7.77.